The molecule has 5 heteroatoms. The van der Waals surface area contributed by atoms with E-state index in [0.29, 0.717) is 0 Å². The average molecular weight is 234 g/mol. The van der Waals surface area contributed by atoms with Gasteiger partial charge in [-0.1, -0.05) is 36.5 Å². The maximum atomic E-state index is 10.5. The van der Waals surface area contributed by atoms with E-state index in [0.717, 1.165) is 18.4 Å². The van der Waals surface area contributed by atoms with Gasteiger partial charge in [-0.05, 0) is 24.1 Å². The highest BCUT2D eigenvalue weighted by Crippen LogP contribution is 2.33. The summed E-state index contributed by atoms with van der Waals surface area (Å²) in [5.74, 6) is 0. The Bertz CT molecular complexity index is 343. The molecule has 76 valence electrons. The van der Waals surface area contributed by atoms with Gasteiger partial charge in [0, 0.05) is 0 Å². The van der Waals surface area contributed by atoms with Crippen molar-refractivity contribution in [2.45, 2.75) is 19.8 Å². The number of nitro groups is 1. The largest absolute Gasteiger partial charge is 0.306 e. The zero-order valence-electron chi connectivity index (χ0n) is 7.59. The van der Waals surface area contributed by atoms with Crippen molar-refractivity contribution in [3.8, 4) is 0 Å². The zero-order valence-corrected chi connectivity index (χ0v) is 9.10. The minimum absolute atomic E-state index is 0.103. The Balaban J connectivity index is 3.18. The number of aryl methyl sites for hydroxylation is 1. The van der Waals surface area contributed by atoms with Crippen molar-refractivity contribution in [1.29, 1.82) is 0 Å². The van der Waals surface area contributed by atoms with Gasteiger partial charge < -0.3 is 0 Å². The average Bonchev–Trinajstić information content (AvgIpc) is 2.01. The molecule has 0 atom stereocenters. The lowest BCUT2D eigenvalue weighted by Crippen LogP contribution is -1.92. The van der Waals surface area contributed by atoms with E-state index in [-0.39, 0.29) is 15.7 Å². The van der Waals surface area contributed by atoms with Gasteiger partial charge in [-0.3, -0.25) is 10.1 Å². The fourth-order valence-corrected chi connectivity index (χ4v) is 1.90. The summed E-state index contributed by atoms with van der Waals surface area (Å²) in [5, 5.41) is 10.8. The molecule has 0 aliphatic heterocycles. The van der Waals surface area contributed by atoms with Gasteiger partial charge in [-0.2, -0.15) is 0 Å². The summed E-state index contributed by atoms with van der Waals surface area (Å²) in [4.78, 5) is 9.98. The molecule has 0 heterocycles. The lowest BCUT2D eigenvalue weighted by molar-refractivity contribution is -0.384. The van der Waals surface area contributed by atoms with Crippen molar-refractivity contribution in [3.05, 3.63) is 37.9 Å². The van der Waals surface area contributed by atoms with Crippen LogP contribution in [0.15, 0.2) is 12.1 Å². The predicted octanol–water partition coefficient (Wildman–Crippen LogP) is 3.85. The summed E-state index contributed by atoms with van der Waals surface area (Å²) in [5.41, 5.74) is 0.710. The highest BCUT2D eigenvalue weighted by Gasteiger charge is 2.18. The highest BCUT2D eigenvalue weighted by molar-refractivity contribution is 6.38. The summed E-state index contributed by atoms with van der Waals surface area (Å²) in [6, 6.07) is 3.18. The van der Waals surface area contributed by atoms with Gasteiger partial charge in [0.2, 0.25) is 0 Å². The third-order valence-electron chi connectivity index (χ3n) is 1.80. The molecule has 0 saturated heterocycles. The van der Waals surface area contributed by atoms with Crippen molar-refractivity contribution in [3.63, 3.8) is 0 Å². The molecule has 14 heavy (non-hydrogen) atoms. The summed E-state index contributed by atoms with van der Waals surface area (Å²) in [6.07, 6.45) is 1.77. The first-order chi connectivity index (χ1) is 6.56. The van der Waals surface area contributed by atoms with Crippen LogP contribution >= 0.6 is 23.2 Å². The maximum Gasteiger partial charge on any atom is 0.306 e. The summed E-state index contributed by atoms with van der Waals surface area (Å²) in [6.45, 7) is 2.02. The molecule has 0 radical (unpaired) electrons. The number of rotatable bonds is 3. The van der Waals surface area contributed by atoms with Crippen LogP contribution in [-0.4, -0.2) is 4.92 Å². The van der Waals surface area contributed by atoms with Crippen molar-refractivity contribution >= 4 is 28.9 Å². The number of nitro benzene ring substituents is 1. The Morgan fingerprint density at radius 1 is 1.36 bits per heavy atom. The van der Waals surface area contributed by atoms with Crippen LogP contribution in [0.1, 0.15) is 18.9 Å². The molecular formula is C9H9Cl2NO2. The van der Waals surface area contributed by atoms with Crippen LogP contribution in [0.2, 0.25) is 10.0 Å². The van der Waals surface area contributed by atoms with Crippen LogP contribution in [0.5, 0.6) is 0 Å². The zero-order chi connectivity index (χ0) is 10.7. The van der Waals surface area contributed by atoms with Crippen molar-refractivity contribution in [1.82, 2.24) is 0 Å². The maximum absolute atomic E-state index is 10.5. The molecule has 1 aromatic rings. The molecule has 3 nitrogen and oxygen atoms in total. The van der Waals surface area contributed by atoms with Crippen LogP contribution in [0.4, 0.5) is 5.69 Å². The molecule has 0 fully saturated rings. The van der Waals surface area contributed by atoms with Crippen LogP contribution < -0.4 is 0 Å². The monoisotopic (exact) mass is 233 g/mol. The lowest BCUT2D eigenvalue weighted by Gasteiger charge is -2.02. The van der Waals surface area contributed by atoms with Gasteiger partial charge in [-0.25, -0.2) is 0 Å². The topological polar surface area (TPSA) is 43.1 Å². The molecule has 0 amide bonds. The van der Waals surface area contributed by atoms with Crippen molar-refractivity contribution < 1.29 is 4.92 Å². The molecule has 0 spiro atoms. The first-order valence-electron chi connectivity index (χ1n) is 4.18. The lowest BCUT2D eigenvalue weighted by atomic mass is 10.1. The summed E-state index contributed by atoms with van der Waals surface area (Å²) >= 11 is 11.5. The Labute approximate surface area is 91.8 Å². The predicted molar refractivity (Wildman–Crippen MR) is 57.1 cm³/mol. The molecule has 0 N–H and O–H groups in total. The Morgan fingerprint density at radius 3 is 2.21 bits per heavy atom. The second-order valence-corrected chi connectivity index (χ2v) is 3.73. The van der Waals surface area contributed by atoms with Crippen molar-refractivity contribution in [2.24, 2.45) is 0 Å². The van der Waals surface area contributed by atoms with E-state index in [1.165, 1.54) is 0 Å². The van der Waals surface area contributed by atoms with E-state index in [9.17, 15) is 10.1 Å². The van der Waals surface area contributed by atoms with Gasteiger partial charge in [0.05, 0.1) is 4.92 Å². The van der Waals surface area contributed by atoms with E-state index in [2.05, 4.69) is 0 Å². The summed E-state index contributed by atoms with van der Waals surface area (Å²) in [7, 11) is 0. The number of halogens is 2. The second kappa shape index (κ2) is 4.62. The normalized spacial score (nSPS) is 10.2. The van der Waals surface area contributed by atoms with Gasteiger partial charge >= 0.3 is 5.69 Å². The quantitative estimate of drug-likeness (QED) is 0.588. The molecule has 0 bridgehead atoms. The van der Waals surface area contributed by atoms with Gasteiger partial charge in [-0.15, -0.1) is 0 Å². The minimum atomic E-state index is -0.569. The van der Waals surface area contributed by atoms with E-state index in [1.807, 2.05) is 6.92 Å². The third kappa shape index (κ3) is 2.36. The molecule has 0 aromatic heterocycles. The van der Waals surface area contributed by atoms with Crippen LogP contribution in [0.25, 0.3) is 0 Å². The fraction of sp³-hybridized carbons (Fsp3) is 0.333. The molecule has 1 aromatic carbocycles. The molecule has 0 saturated carbocycles. The fourth-order valence-electron chi connectivity index (χ4n) is 1.23. The standard InChI is InChI=1S/C9H9Cl2NO2/c1-2-3-6-4-7(10)9(12(13)14)8(11)5-6/h4-5H,2-3H2,1H3. The second-order valence-electron chi connectivity index (χ2n) is 2.92. The first kappa shape index (κ1) is 11.3. The minimum Gasteiger partial charge on any atom is -0.258 e. The molecule has 0 aliphatic carbocycles. The molecular weight excluding hydrogens is 225 g/mol. The van der Waals surface area contributed by atoms with Crippen LogP contribution in [-0.2, 0) is 6.42 Å². The van der Waals surface area contributed by atoms with Gasteiger partial charge in [0.25, 0.3) is 0 Å². The molecule has 1 rings (SSSR count). The van der Waals surface area contributed by atoms with Crippen LogP contribution in [0, 0.1) is 10.1 Å². The van der Waals surface area contributed by atoms with Gasteiger partial charge in [0.15, 0.2) is 0 Å². The number of hydrogen-bond acceptors (Lipinski definition) is 2. The van der Waals surface area contributed by atoms with E-state index in [4.69, 9.17) is 23.2 Å². The van der Waals surface area contributed by atoms with E-state index < -0.39 is 4.92 Å². The summed E-state index contributed by atoms with van der Waals surface area (Å²) < 4.78 is 0. The Hall–Kier alpha value is -0.800. The first-order valence-corrected chi connectivity index (χ1v) is 4.94. The smallest absolute Gasteiger partial charge is 0.258 e. The van der Waals surface area contributed by atoms with Gasteiger partial charge in [0.1, 0.15) is 10.0 Å². The molecule has 0 unspecified atom stereocenters. The number of hydrogen-bond donors (Lipinski definition) is 0. The Kier molecular flexibility index (Phi) is 3.72. The highest BCUT2D eigenvalue weighted by atomic mass is 35.5. The van der Waals surface area contributed by atoms with E-state index in [1.54, 1.807) is 12.1 Å². The SMILES string of the molecule is CCCc1cc(Cl)c([N+](=O)[O-])c(Cl)c1. The number of nitrogens with zero attached hydrogens (tertiary/aromatic N) is 1. The molecule has 0 aliphatic rings. The van der Waals surface area contributed by atoms with E-state index >= 15 is 0 Å². The number of benzene rings is 1. The van der Waals surface area contributed by atoms with Crippen LogP contribution in [0.3, 0.4) is 0 Å². The third-order valence-corrected chi connectivity index (χ3v) is 2.37. The van der Waals surface area contributed by atoms with Crippen molar-refractivity contribution in [2.75, 3.05) is 0 Å². The Morgan fingerprint density at radius 2 is 1.86 bits per heavy atom.